The molecular formula is C13H12N2OS. The lowest BCUT2D eigenvalue weighted by Crippen LogP contribution is -2.22. The molecule has 0 radical (unpaired) electrons. The maximum Gasteiger partial charge on any atom is 0.329 e. The molecule has 0 unspecified atom stereocenters. The quantitative estimate of drug-likeness (QED) is 0.680. The van der Waals surface area contributed by atoms with E-state index in [2.05, 4.69) is 0 Å². The monoisotopic (exact) mass is 244 g/mol. The Morgan fingerprint density at radius 3 is 2.71 bits per heavy atom. The van der Waals surface area contributed by atoms with Crippen LogP contribution in [0.4, 0.5) is 0 Å². The second-order valence-corrected chi connectivity index (χ2v) is 4.92. The molecule has 3 aromatic rings. The summed E-state index contributed by atoms with van der Waals surface area (Å²) in [5.41, 5.74) is 2.21. The molecule has 0 bridgehead atoms. The van der Waals surface area contributed by atoms with E-state index in [0.717, 1.165) is 15.9 Å². The molecule has 1 aromatic carbocycles. The fourth-order valence-corrected chi connectivity index (χ4v) is 2.95. The van der Waals surface area contributed by atoms with Crippen molar-refractivity contribution in [1.82, 2.24) is 9.13 Å². The molecule has 0 aliphatic carbocycles. The number of thiophene rings is 1. The minimum atomic E-state index is 0.0516. The second kappa shape index (κ2) is 3.89. The minimum absolute atomic E-state index is 0.0516. The molecule has 0 amide bonds. The summed E-state index contributed by atoms with van der Waals surface area (Å²) < 4.78 is 3.53. The van der Waals surface area contributed by atoms with Crippen LogP contribution in [0.15, 0.2) is 46.6 Å². The van der Waals surface area contributed by atoms with Crippen LogP contribution in [-0.4, -0.2) is 9.13 Å². The van der Waals surface area contributed by atoms with Gasteiger partial charge in [0, 0.05) is 7.05 Å². The van der Waals surface area contributed by atoms with Crippen molar-refractivity contribution < 1.29 is 0 Å². The Labute approximate surface area is 103 Å². The van der Waals surface area contributed by atoms with Crippen LogP contribution < -0.4 is 5.69 Å². The van der Waals surface area contributed by atoms with Gasteiger partial charge in [-0.2, -0.15) is 0 Å². The van der Waals surface area contributed by atoms with Crippen molar-refractivity contribution in [1.29, 1.82) is 0 Å². The van der Waals surface area contributed by atoms with E-state index in [-0.39, 0.29) is 5.69 Å². The van der Waals surface area contributed by atoms with Crippen LogP contribution >= 0.6 is 11.3 Å². The van der Waals surface area contributed by atoms with Crippen LogP contribution in [0.25, 0.3) is 10.3 Å². The van der Waals surface area contributed by atoms with Gasteiger partial charge >= 0.3 is 5.69 Å². The number of aryl methyl sites for hydroxylation is 1. The van der Waals surface area contributed by atoms with Gasteiger partial charge in [-0.1, -0.05) is 30.3 Å². The highest BCUT2D eigenvalue weighted by Crippen LogP contribution is 2.19. The van der Waals surface area contributed by atoms with Crippen molar-refractivity contribution in [3.05, 3.63) is 57.8 Å². The summed E-state index contributed by atoms with van der Waals surface area (Å²) in [6.45, 7) is 0.636. The van der Waals surface area contributed by atoms with Crippen LogP contribution in [0.1, 0.15) is 5.56 Å². The van der Waals surface area contributed by atoms with Gasteiger partial charge in [-0.05, 0) is 17.0 Å². The molecule has 86 valence electrons. The average Bonchev–Trinajstić information content (AvgIpc) is 2.91. The normalized spacial score (nSPS) is 11.1. The summed E-state index contributed by atoms with van der Waals surface area (Å²) in [7, 11) is 1.82. The number of hydrogen-bond acceptors (Lipinski definition) is 2. The number of nitrogens with zero attached hydrogens (tertiary/aromatic N) is 2. The van der Waals surface area contributed by atoms with Crippen molar-refractivity contribution in [3.8, 4) is 0 Å². The van der Waals surface area contributed by atoms with Gasteiger partial charge in [0.1, 0.15) is 4.83 Å². The predicted molar refractivity (Wildman–Crippen MR) is 70.6 cm³/mol. The molecule has 0 fully saturated rings. The third-order valence-corrected chi connectivity index (χ3v) is 3.86. The van der Waals surface area contributed by atoms with Crippen molar-refractivity contribution >= 4 is 21.7 Å². The number of rotatable bonds is 2. The molecule has 2 aromatic heterocycles. The lowest BCUT2D eigenvalue weighted by Gasteiger charge is -2.01. The van der Waals surface area contributed by atoms with Crippen LogP contribution in [0.2, 0.25) is 0 Å². The Morgan fingerprint density at radius 2 is 1.94 bits per heavy atom. The van der Waals surface area contributed by atoms with E-state index in [9.17, 15) is 4.79 Å². The summed E-state index contributed by atoms with van der Waals surface area (Å²) >= 11 is 1.61. The molecule has 0 saturated heterocycles. The van der Waals surface area contributed by atoms with E-state index in [0.29, 0.717) is 6.54 Å². The number of fused-ring (bicyclic) bond motifs is 1. The SMILES string of the molecule is Cn1c(=O)n(Cc2ccccc2)c2sccc21. The van der Waals surface area contributed by atoms with Gasteiger partial charge in [0.05, 0.1) is 12.1 Å². The molecule has 0 spiro atoms. The Balaban J connectivity index is 2.15. The van der Waals surface area contributed by atoms with Gasteiger partial charge < -0.3 is 0 Å². The van der Waals surface area contributed by atoms with Gasteiger partial charge in [-0.25, -0.2) is 4.79 Å². The Kier molecular flexibility index (Phi) is 2.37. The van der Waals surface area contributed by atoms with Crippen LogP contribution in [0.3, 0.4) is 0 Å². The molecule has 0 aliphatic heterocycles. The second-order valence-electron chi connectivity index (χ2n) is 4.02. The first-order valence-corrected chi connectivity index (χ1v) is 6.32. The van der Waals surface area contributed by atoms with Crippen LogP contribution in [0, 0.1) is 0 Å². The average molecular weight is 244 g/mol. The van der Waals surface area contributed by atoms with Gasteiger partial charge in [0.25, 0.3) is 0 Å². The smallest absolute Gasteiger partial charge is 0.294 e. The van der Waals surface area contributed by atoms with Crippen molar-refractivity contribution in [2.24, 2.45) is 7.05 Å². The third kappa shape index (κ3) is 1.61. The van der Waals surface area contributed by atoms with Gasteiger partial charge in [0.2, 0.25) is 0 Å². The first-order chi connectivity index (χ1) is 8.27. The zero-order valence-electron chi connectivity index (χ0n) is 9.46. The van der Waals surface area contributed by atoms with E-state index in [4.69, 9.17) is 0 Å². The highest BCUT2D eigenvalue weighted by molar-refractivity contribution is 7.16. The van der Waals surface area contributed by atoms with Gasteiger partial charge in [-0.15, -0.1) is 11.3 Å². The van der Waals surface area contributed by atoms with Crippen molar-refractivity contribution in [2.75, 3.05) is 0 Å². The highest BCUT2D eigenvalue weighted by Gasteiger charge is 2.11. The summed E-state index contributed by atoms with van der Waals surface area (Å²) in [5, 5.41) is 2.02. The van der Waals surface area contributed by atoms with E-state index in [1.54, 1.807) is 15.9 Å². The summed E-state index contributed by atoms with van der Waals surface area (Å²) in [4.78, 5) is 13.1. The van der Waals surface area contributed by atoms with E-state index >= 15 is 0 Å². The first-order valence-electron chi connectivity index (χ1n) is 5.44. The predicted octanol–water partition coefficient (Wildman–Crippen LogP) is 2.45. The number of hydrogen-bond donors (Lipinski definition) is 0. The fraction of sp³-hybridized carbons (Fsp3) is 0.154. The molecule has 0 N–H and O–H groups in total. The number of aromatic nitrogens is 2. The lowest BCUT2D eigenvalue weighted by atomic mass is 10.2. The Hall–Kier alpha value is -1.81. The Morgan fingerprint density at radius 1 is 1.18 bits per heavy atom. The fourth-order valence-electron chi connectivity index (χ4n) is 2.03. The molecule has 0 aliphatic rings. The maximum atomic E-state index is 12.1. The molecule has 2 heterocycles. The van der Waals surface area contributed by atoms with E-state index in [1.165, 1.54) is 0 Å². The largest absolute Gasteiger partial charge is 0.329 e. The highest BCUT2D eigenvalue weighted by atomic mass is 32.1. The molecule has 3 rings (SSSR count). The topological polar surface area (TPSA) is 26.9 Å². The number of imidazole rings is 1. The van der Waals surface area contributed by atoms with Gasteiger partial charge in [0.15, 0.2) is 0 Å². The summed E-state index contributed by atoms with van der Waals surface area (Å²) in [5.74, 6) is 0. The third-order valence-electron chi connectivity index (χ3n) is 2.93. The molecule has 0 saturated carbocycles. The zero-order valence-corrected chi connectivity index (χ0v) is 10.3. The van der Waals surface area contributed by atoms with Crippen LogP contribution in [0.5, 0.6) is 0 Å². The molecule has 17 heavy (non-hydrogen) atoms. The summed E-state index contributed by atoms with van der Waals surface area (Å²) in [6, 6.07) is 12.0. The Bertz CT molecular complexity index is 706. The number of benzene rings is 1. The summed E-state index contributed by atoms with van der Waals surface area (Å²) in [6.07, 6.45) is 0. The lowest BCUT2D eigenvalue weighted by molar-refractivity contribution is 0.738. The molecule has 3 nitrogen and oxygen atoms in total. The van der Waals surface area contributed by atoms with Crippen molar-refractivity contribution in [3.63, 3.8) is 0 Å². The van der Waals surface area contributed by atoms with Gasteiger partial charge in [-0.3, -0.25) is 9.13 Å². The molecule has 0 atom stereocenters. The maximum absolute atomic E-state index is 12.1. The molecular weight excluding hydrogens is 232 g/mol. The van der Waals surface area contributed by atoms with E-state index in [1.807, 2.05) is 53.4 Å². The zero-order chi connectivity index (χ0) is 11.8. The van der Waals surface area contributed by atoms with Crippen molar-refractivity contribution in [2.45, 2.75) is 6.54 Å². The minimum Gasteiger partial charge on any atom is -0.294 e. The standard InChI is InChI=1S/C13H12N2OS/c1-14-11-7-8-17-12(11)15(13(14)16)9-10-5-3-2-4-6-10/h2-8H,9H2,1H3. The molecule has 4 heteroatoms. The van der Waals surface area contributed by atoms with E-state index < -0.39 is 0 Å². The van der Waals surface area contributed by atoms with Crippen LogP contribution in [-0.2, 0) is 13.6 Å². The first kappa shape index (κ1) is 10.4.